The molecule has 0 bridgehead atoms. The van der Waals surface area contributed by atoms with Crippen molar-refractivity contribution in [2.24, 2.45) is 0 Å². The van der Waals surface area contributed by atoms with Crippen molar-refractivity contribution in [1.29, 1.82) is 0 Å². The molecule has 0 saturated carbocycles. The summed E-state index contributed by atoms with van der Waals surface area (Å²) >= 11 is 3.46. The Balaban J connectivity index is 1.36. The van der Waals surface area contributed by atoms with Gasteiger partial charge in [0.15, 0.2) is 0 Å². The van der Waals surface area contributed by atoms with E-state index in [1.807, 2.05) is 78.9 Å². The normalized spacial score (nSPS) is 10.4. The standard InChI is InChI=1S/C27H22BrNO3/c28-23-10-6-9-21(17-23)19-31-24-15-13-22(14-16-24)27(30)29-25-11-4-5-12-26(25)32-18-20-7-2-1-3-8-20/h1-17H,18-19H2,(H,29,30). The van der Waals surface area contributed by atoms with Crippen LogP contribution in [0.2, 0.25) is 0 Å². The second-order valence-corrected chi connectivity index (χ2v) is 8.08. The molecule has 0 spiro atoms. The van der Waals surface area contributed by atoms with Crippen molar-refractivity contribution in [2.45, 2.75) is 13.2 Å². The van der Waals surface area contributed by atoms with Crippen LogP contribution in [0.15, 0.2) is 108 Å². The summed E-state index contributed by atoms with van der Waals surface area (Å²) in [7, 11) is 0. The molecule has 32 heavy (non-hydrogen) atoms. The van der Waals surface area contributed by atoms with E-state index in [1.54, 1.807) is 24.3 Å². The number of hydrogen-bond donors (Lipinski definition) is 1. The van der Waals surface area contributed by atoms with E-state index < -0.39 is 0 Å². The van der Waals surface area contributed by atoms with Crippen LogP contribution in [0.3, 0.4) is 0 Å². The summed E-state index contributed by atoms with van der Waals surface area (Å²) in [5.74, 6) is 1.12. The van der Waals surface area contributed by atoms with E-state index in [0.29, 0.717) is 36.0 Å². The van der Waals surface area contributed by atoms with Gasteiger partial charge in [-0.25, -0.2) is 0 Å². The van der Waals surface area contributed by atoms with E-state index in [9.17, 15) is 4.79 Å². The highest BCUT2D eigenvalue weighted by Gasteiger charge is 2.10. The molecule has 160 valence electrons. The highest BCUT2D eigenvalue weighted by atomic mass is 79.9. The third-order valence-electron chi connectivity index (χ3n) is 4.78. The number of anilines is 1. The molecule has 1 amide bonds. The van der Waals surface area contributed by atoms with Crippen LogP contribution in [0.1, 0.15) is 21.5 Å². The van der Waals surface area contributed by atoms with Crippen molar-refractivity contribution < 1.29 is 14.3 Å². The monoisotopic (exact) mass is 487 g/mol. The molecule has 4 nitrogen and oxygen atoms in total. The molecule has 1 N–H and O–H groups in total. The molecule has 4 aromatic rings. The van der Waals surface area contributed by atoms with Crippen molar-refractivity contribution >= 4 is 27.5 Å². The van der Waals surface area contributed by atoms with Crippen molar-refractivity contribution in [2.75, 3.05) is 5.32 Å². The third-order valence-corrected chi connectivity index (χ3v) is 5.28. The predicted molar refractivity (Wildman–Crippen MR) is 130 cm³/mol. The zero-order valence-electron chi connectivity index (χ0n) is 17.3. The number of ether oxygens (including phenoxy) is 2. The van der Waals surface area contributed by atoms with Gasteiger partial charge in [-0.2, -0.15) is 0 Å². The maximum atomic E-state index is 12.8. The summed E-state index contributed by atoms with van der Waals surface area (Å²) in [5, 5.41) is 2.94. The molecule has 4 rings (SSSR count). The second-order valence-electron chi connectivity index (χ2n) is 7.17. The summed E-state index contributed by atoms with van der Waals surface area (Å²) in [6.07, 6.45) is 0. The number of para-hydroxylation sites is 2. The van der Waals surface area contributed by atoms with E-state index in [1.165, 1.54) is 0 Å². The topological polar surface area (TPSA) is 47.6 Å². The van der Waals surface area contributed by atoms with Crippen molar-refractivity contribution in [3.05, 3.63) is 124 Å². The zero-order valence-corrected chi connectivity index (χ0v) is 18.9. The van der Waals surface area contributed by atoms with Crippen LogP contribution in [0.4, 0.5) is 5.69 Å². The smallest absolute Gasteiger partial charge is 0.255 e. The van der Waals surface area contributed by atoms with Gasteiger partial charge in [0.1, 0.15) is 24.7 Å². The van der Waals surface area contributed by atoms with Crippen LogP contribution >= 0.6 is 15.9 Å². The average Bonchev–Trinajstić information content (AvgIpc) is 2.83. The lowest BCUT2D eigenvalue weighted by atomic mass is 10.2. The van der Waals surface area contributed by atoms with E-state index in [2.05, 4.69) is 21.2 Å². The Kier molecular flexibility index (Phi) is 7.20. The van der Waals surface area contributed by atoms with E-state index in [0.717, 1.165) is 15.6 Å². The summed E-state index contributed by atoms with van der Waals surface area (Å²) in [6, 6.07) is 32.4. The molecule has 0 fully saturated rings. The van der Waals surface area contributed by atoms with Gasteiger partial charge in [-0.1, -0.05) is 70.5 Å². The van der Waals surface area contributed by atoms with E-state index >= 15 is 0 Å². The number of carbonyl (C=O) groups is 1. The average molecular weight is 488 g/mol. The lowest BCUT2D eigenvalue weighted by Crippen LogP contribution is -2.13. The van der Waals surface area contributed by atoms with Crippen LogP contribution in [0, 0.1) is 0 Å². The van der Waals surface area contributed by atoms with Crippen LogP contribution < -0.4 is 14.8 Å². The van der Waals surface area contributed by atoms with Gasteiger partial charge in [-0.15, -0.1) is 0 Å². The SMILES string of the molecule is O=C(Nc1ccccc1OCc1ccccc1)c1ccc(OCc2cccc(Br)c2)cc1. The van der Waals surface area contributed by atoms with Gasteiger partial charge in [0.2, 0.25) is 0 Å². The molecule has 0 unspecified atom stereocenters. The maximum absolute atomic E-state index is 12.8. The van der Waals surface area contributed by atoms with Crippen LogP contribution in [0.5, 0.6) is 11.5 Å². The quantitative estimate of drug-likeness (QED) is 0.295. The molecule has 0 saturated heterocycles. The first-order valence-electron chi connectivity index (χ1n) is 10.2. The lowest BCUT2D eigenvalue weighted by molar-refractivity contribution is 0.102. The van der Waals surface area contributed by atoms with Crippen LogP contribution in [-0.4, -0.2) is 5.91 Å². The third kappa shape index (κ3) is 5.99. The van der Waals surface area contributed by atoms with E-state index in [-0.39, 0.29) is 5.91 Å². The Labute approximate surface area is 196 Å². The van der Waals surface area contributed by atoms with Crippen LogP contribution in [-0.2, 0) is 13.2 Å². The minimum atomic E-state index is -0.209. The van der Waals surface area contributed by atoms with Gasteiger partial charge in [0.05, 0.1) is 5.69 Å². The molecule has 0 aliphatic rings. The zero-order chi connectivity index (χ0) is 22.2. The summed E-state index contributed by atoms with van der Waals surface area (Å²) < 4.78 is 12.8. The highest BCUT2D eigenvalue weighted by molar-refractivity contribution is 9.10. The molecule has 0 heterocycles. The first-order valence-corrected chi connectivity index (χ1v) is 11.0. The molecule has 0 aliphatic carbocycles. The van der Waals surface area contributed by atoms with Gasteiger partial charge >= 0.3 is 0 Å². The molecule has 0 aliphatic heterocycles. The minimum Gasteiger partial charge on any atom is -0.489 e. The maximum Gasteiger partial charge on any atom is 0.255 e. The number of nitrogens with one attached hydrogen (secondary N) is 1. The Morgan fingerprint density at radius 1 is 0.719 bits per heavy atom. The molecule has 0 atom stereocenters. The number of carbonyl (C=O) groups excluding carboxylic acids is 1. The predicted octanol–water partition coefficient (Wildman–Crippen LogP) is 6.86. The molecule has 5 heteroatoms. The first-order chi connectivity index (χ1) is 15.7. The second kappa shape index (κ2) is 10.6. The number of halogens is 1. The summed E-state index contributed by atoms with van der Waals surface area (Å²) in [6.45, 7) is 0.884. The number of hydrogen-bond acceptors (Lipinski definition) is 3. The summed E-state index contributed by atoms with van der Waals surface area (Å²) in [4.78, 5) is 12.8. The fourth-order valence-electron chi connectivity index (χ4n) is 3.12. The number of rotatable bonds is 8. The summed E-state index contributed by atoms with van der Waals surface area (Å²) in [5.41, 5.74) is 3.29. The van der Waals surface area contributed by atoms with Crippen molar-refractivity contribution in [1.82, 2.24) is 0 Å². The van der Waals surface area contributed by atoms with Crippen molar-refractivity contribution in [3.8, 4) is 11.5 Å². The fraction of sp³-hybridized carbons (Fsp3) is 0.0741. The highest BCUT2D eigenvalue weighted by Crippen LogP contribution is 2.26. The first kappa shape index (κ1) is 21.7. The van der Waals surface area contributed by atoms with Gasteiger partial charge in [0, 0.05) is 10.0 Å². The molecule has 0 radical (unpaired) electrons. The molecular weight excluding hydrogens is 466 g/mol. The number of benzene rings is 4. The molecule has 4 aromatic carbocycles. The van der Waals surface area contributed by atoms with Gasteiger partial charge in [0.25, 0.3) is 5.91 Å². The Morgan fingerprint density at radius 2 is 1.41 bits per heavy atom. The van der Waals surface area contributed by atoms with Gasteiger partial charge in [-0.05, 0) is 59.7 Å². The Morgan fingerprint density at radius 3 is 2.19 bits per heavy atom. The van der Waals surface area contributed by atoms with Gasteiger partial charge < -0.3 is 14.8 Å². The minimum absolute atomic E-state index is 0.209. The van der Waals surface area contributed by atoms with Crippen LogP contribution in [0.25, 0.3) is 0 Å². The Hall–Kier alpha value is -3.57. The lowest BCUT2D eigenvalue weighted by Gasteiger charge is -2.13. The Bertz CT molecular complexity index is 1180. The van der Waals surface area contributed by atoms with Crippen molar-refractivity contribution in [3.63, 3.8) is 0 Å². The van der Waals surface area contributed by atoms with E-state index in [4.69, 9.17) is 9.47 Å². The largest absolute Gasteiger partial charge is 0.489 e. The van der Waals surface area contributed by atoms with Gasteiger partial charge in [-0.3, -0.25) is 4.79 Å². The molecular formula is C27H22BrNO3. The number of amides is 1. The fourth-order valence-corrected chi connectivity index (χ4v) is 3.57. The molecule has 0 aromatic heterocycles.